The molecule has 110 valence electrons. The standard InChI is InChI=1S/C11H11BrF2N2O4/c1-20-5-6(12)4-15-11(17)9-7(13)2-3-8(10(9)14)16(18)19/h2-3,6H,4-5H2,1H3,(H,15,17). The van der Waals surface area contributed by atoms with Crippen molar-refractivity contribution < 1.29 is 23.2 Å². The molecular formula is C11H11BrF2N2O4. The van der Waals surface area contributed by atoms with Crippen LogP contribution in [-0.4, -0.2) is 35.9 Å². The first-order valence-electron chi connectivity index (χ1n) is 5.42. The number of nitrogens with zero attached hydrogens (tertiary/aromatic N) is 1. The Kier molecular flexibility index (Phi) is 5.96. The van der Waals surface area contributed by atoms with Crippen LogP contribution in [0.4, 0.5) is 14.5 Å². The van der Waals surface area contributed by atoms with Crippen LogP contribution in [0, 0.1) is 21.7 Å². The zero-order valence-corrected chi connectivity index (χ0v) is 11.9. The molecule has 0 saturated carbocycles. The number of ether oxygens (including phenoxy) is 1. The highest BCUT2D eigenvalue weighted by Gasteiger charge is 2.26. The Bertz CT molecular complexity index is 527. The highest BCUT2D eigenvalue weighted by atomic mass is 79.9. The first-order chi connectivity index (χ1) is 9.38. The summed E-state index contributed by atoms with van der Waals surface area (Å²) in [5.41, 5.74) is -1.93. The van der Waals surface area contributed by atoms with Crippen molar-refractivity contribution in [3.8, 4) is 0 Å². The van der Waals surface area contributed by atoms with Gasteiger partial charge in [0, 0.05) is 19.7 Å². The van der Waals surface area contributed by atoms with Crippen molar-refractivity contribution in [3.63, 3.8) is 0 Å². The molecule has 1 N–H and O–H groups in total. The van der Waals surface area contributed by atoms with Crippen LogP contribution in [0.25, 0.3) is 0 Å². The number of carbonyl (C=O) groups is 1. The van der Waals surface area contributed by atoms with Gasteiger partial charge >= 0.3 is 5.69 Å². The molecule has 0 aliphatic carbocycles. The lowest BCUT2D eigenvalue weighted by molar-refractivity contribution is -0.387. The number of rotatable bonds is 6. The van der Waals surface area contributed by atoms with Crippen LogP contribution < -0.4 is 5.32 Å². The first kappa shape index (κ1) is 16.4. The molecule has 0 fully saturated rings. The number of amides is 1. The van der Waals surface area contributed by atoms with Gasteiger partial charge in [-0.1, -0.05) is 15.9 Å². The Hall–Kier alpha value is -1.61. The van der Waals surface area contributed by atoms with Crippen LogP contribution in [0.3, 0.4) is 0 Å². The summed E-state index contributed by atoms with van der Waals surface area (Å²) in [5.74, 6) is -3.72. The van der Waals surface area contributed by atoms with Gasteiger partial charge in [-0.3, -0.25) is 14.9 Å². The van der Waals surface area contributed by atoms with E-state index < -0.39 is 33.7 Å². The Morgan fingerprint density at radius 1 is 1.55 bits per heavy atom. The highest BCUT2D eigenvalue weighted by molar-refractivity contribution is 9.09. The largest absolute Gasteiger partial charge is 0.383 e. The van der Waals surface area contributed by atoms with E-state index in [1.807, 2.05) is 0 Å². The second-order valence-electron chi connectivity index (χ2n) is 3.78. The van der Waals surface area contributed by atoms with Crippen LogP contribution in [-0.2, 0) is 4.74 Å². The maximum Gasteiger partial charge on any atom is 0.305 e. The highest BCUT2D eigenvalue weighted by Crippen LogP contribution is 2.22. The molecule has 1 aromatic carbocycles. The SMILES string of the molecule is COCC(Br)CNC(=O)c1c(F)ccc([N+](=O)[O-])c1F. The summed E-state index contributed by atoms with van der Waals surface area (Å²) < 4.78 is 32.0. The predicted octanol–water partition coefficient (Wildman–Crippen LogP) is 2.01. The zero-order valence-electron chi connectivity index (χ0n) is 10.4. The van der Waals surface area contributed by atoms with Crippen LogP contribution in [0.15, 0.2) is 12.1 Å². The fourth-order valence-electron chi connectivity index (χ4n) is 1.42. The Morgan fingerprint density at radius 2 is 2.20 bits per heavy atom. The third-order valence-electron chi connectivity index (χ3n) is 2.33. The van der Waals surface area contributed by atoms with Crippen molar-refractivity contribution >= 4 is 27.5 Å². The number of halogens is 3. The van der Waals surface area contributed by atoms with Gasteiger partial charge in [0.15, 0.2) is 0 Å². The topological polar surface area (TPSA) is 81.5 Å². The monoisotopic (exact) mass is 352 g/mol. The molecule has 1 aromatic rings. The number of nitrogens with one attached hydrogen (secondary N) is 1. The number of methoxy groups -OCH3 is 1. The average Bonchev–Trinajstić information content (AvgIpc) is 2.36. The molecule has 6 nitrogen and oxygen atoms in total. The minimum Gasteiger partial charge on any atom is -0.383 e. The van der Waals surface area contributed by atoms with Crippen LogP contribution >= 0.6 is 15.9 Å². The van der Waals surface area contributed by atoms with Crippen molar-refractivity contribution in [2.75, 3.05) is 20.3 Å². The smallest absolute Gasteiger partial charge is 0.305 e. The number of hydrogen-bond acceptors (Lipinski definition) is 4. The van der Waals surface area contributed by atoms with E-state index in [-0.39, 0.29) is 18.0 Å². The van der Waals surface area contributed by atoms with Crippen molar-refractivity contribution in [2.45, 2.75) is 4.83 Å². The summed E-state index contributed by atoms with van der Waals surface area (Å²) in [5, 5.41) is 12.8. The van der Waals surface area contributed by atoms with Gasteiger partial charge in [0.2, 0.25) is 5.82 Å². The summed E-state index contributed by atoms with van der Waals surface area (Å²) in [6, 6.07) is 1.34. The van der Waals surface area contributed by atoms with Crippen molar-refractivity contribution in [1.82, 2.24) is 5.32 Å². The predicted molar refractivity (Wildman–Crippen MR) is 69.9 cm³/mol. The number of hydrogen-bond donors (Lipinski definition) is 1. The van der Waals surface area contributed by atoms with E-state index in [1.165, 1.54) is 7.11 Å². The lowest BCUT2D eigenvalue weighted by Gasteiger charge is -2.11. The van der Waals surface area contributed by atoms with Crippen LogP contribution in [0.1, 0.15) is 10.4 Å². The number of benzene rings is 1. The molecule has 9 heteroatoms. The van der Waals surface area contributed by atoms with Gasteiger partial charge in [0.25, 0.3) is 5.91 Å². The van der Waals surface area contributed by atoms with Gasteiger partial charge in [-0.25, -0.2) is 4.39 Å². The van der Waals surface area contributed by atoms with E-state index in [0.717, 1.165) is 0 Å². The summed E-state index contributed by atoms with van der Waals surface area (Å²) in [6.07, 6.45) is 0. The Labute approximate surface area is 121 Å². The fraction of sp³-hybridized carbons (Fsp3) is 0.364. The molecule has 0 bridgehead atoms. The van der Waals surface area contributed by atoms with E-state index >= 15 is 0 Å². The Balaban J connectivity index is 2.92. The second-order valence-corrected chi connectivity index (χ2v) is 5.07. The summed E-state index contributed by atoms with van der Waals surface area (Å²) in [7, 11) is 1.45. The molecule has 0 aliphatic heterocycles. The van der Waals surface area contributed by atoms with E-state index in [2.05, 4.69) is 21.2 Å². The molecule has 1 rings (SSSR count). The molecule has 0 aliphatic rings. The van der Waals surface area contributed by atoms with E-state index in [0.29, 0.717) is 12.1 Å². The van der Waals surface area contributed by atoms with E-state index in [4.69, 9.17) is 4.74 Å². The molecule has 0 spiro atoms. The van der Waals surface area contributed by atoms with Crippen molar-refractivity contribution in [1.29, 1.82) is 0 Å². The number of alkyl halides is 1. The van der Waals surface area contributed by atoms with Gasteiger partial charge in [-0.15, -0.1) is 0 Å². The lowest BCUT2D eigenvalue weighted by Crippen LogP contribution is -2.32. The van der Waals surface area contributed by atoms with Gasteiger partial charge in [-0.05, 0) is 6.07 Å². The maximum absolute atomic E-state index is 13.7. The molecular weight excluding hydrogens is 342 g/mol. The molecule has 1 unspecified atom stereocenters. The molecule has 1 amide bonds. The van der Waals surface area contributed by atoms with E-state index in [9.17, 15) is 23.7 Å². The second kappa shape index (κ2) is 7.25. The zero-order chi connectivity index (χ0) is 15.3. The first-order valence-corrected chi connectivity index (χ1v) is 6.33. The maximum atomic E-state index is 13.7. The number of carbonyl (C=O) groups excluding carboxylic acids is 1. The summed E-state index contributed by atoms with van der Waals surface area (Å²) in [4.78, 5) is 21.0. The van der Waals surface area contributed by atoms with Crippen LogP contribution in [0.2, 0.25) is 0 Å². The van der Waals surface area contributed by atoms with Gasteiger partial charge in [0.1, 0.15) is 11.4 Å². The molecule has 0 heterocycles. The summed E-state index contributed by atoms with van der Waals surface area (Å²) >= 11 is 3.18. The normalized spacial score (nSPS) is 12.0. The van der Waals surface area contributed by atoms with Crippen LogP contribution in [0.5, 0.6) is 0 Å². The summed E-state index contributed by atoms with van der Waals surface area (Å²) in [6.45, 7) is 0.328. The molecule has 20 heavy (non-hydrogen) atoms. The van der Waals surface area contributed by atoms with Gasteiger partial charge in [-0.2, -0.15) is 4.39 Å². The Morgan fingerprint density at radius 3 is 2.75 bits per heavy atom. The molecule has 1 atom stereocenters. The molecule has 0 aromatic heterocycles. The minimum absolute atomic E-state index is 0.0498. The van der Waals surface area contributed by atoms with Gasteiger partial charge in [0.05, 0.1) is 16.4 Å². The minimum atomic E-state index is -1.50. The van der Waals surface area contributed by atoms with E-state index in [1.54, 1.807) is 0 Å². The third-order valence-corrected chi connectivity index (χ3v) is 2.91. The number of nitro groups is 1. The van der Waals surface area contributed by atoms with Gasteiger partial charge < -0.3 is 10.1 Å². The quantitative estimate of drug-likeness (QED) is 0.482. The lowest BCUT2D eigenvalue weighted by atomic mass is 10.1. The number of nitro benzene ring substituents is 1. The third kappa shape index (κ3) is 3.94. The average molecular weight is 353 g/mol. The molecule has 0 saturated heterocycles. The van der Waals surface area contributed by atoms with Crippen molar-refractivity contribution in [2.24, 2.45) is 0 Å². The fourth-order valence-corrected chi connectivity index (χ4v) is 1.85. The molecule has 0 radical (unpaired) electrons. The van der Waals surface area contributed by atoms with Crippen molar-refractivity contribution in [3.05, 3.63) is 39.4 Å².